The summed E-state index contributed by atoms with van der Waals surface area (Å²) in [7, 11) is 3.04. The fourth-order valence-corrected chi connectivity index (χ4v) is 1.74. The third-order valence-electron chi connectivity index (χ3n) is 2.84. The van der Waals surface area contributed by atoms with Crippen LogP contribution in [0.25, 0.3) is 0 Å². The molecule has 6 heteroatoms. The summed E-state index contributed by atoms with van der Waals surface area (Å²) >= 11 is 0. The minimum absolute atomic E-state index is 0.182. The Morgan fingerprint density at radius 2 is 1.90 bits per heavy atom. The first kappa shape index (κ1) is 15.8. The maximum Gasteiger partial charge on any atom is 0.326 e. The molecule has 0 heterocycles. The molecule has 0 aromatic heterocycles. The van der Waals surface area contributed by atoms with Crippen molar-refractivity contribution in [1.82, 2.24) is 5.32 Å². The number of carboxylic acids is 1. The number of benzene rings is 1. The van der Waals surface area contributed by atoms with Crippen LogP contribution >= 0.6 is 0 Å². The number of amides is 1. The van der Waals surface area contributed by atoms with Crippen molar-refractivity contribution < 1.29 is 24.2 Å². The maximum absolute atomic E-state index is 11.3. The number of rotatable bonds is 7. The largest absolute Gasteiger partial charge is 0.493 e. The van der Waals surface area contributed by atoms with E-state index in [1.54, 1.807) is 25.1 Å². The highest BCUT2D eigenvalue weighted by atomic mass is 16.5. The van der Waals surface area contributed by atoms with Crippen molar-refractivity contribution in [2.75, 3.05) is 14.2 Å². The third kappa shape index (κ3) is 4.15. The highest BCUT2D eigenvalue weighted by Crippen LogP contribution is 2.27. The van der Waals surface area contributed by atoms with Gasteiger partial charge in [0.05, 0.1) is 14.2 Å². The standard InChI is InChI=1S/C14H19NO5/c1-4-13(16)15-10(14(17)18)7-9-5-6-11(19-2)12(8-9)20-3/h5-6,8,10H,4,7H2,1-3H3,(H,15,16)(H,17,18). The fourth-order valence-electron chi connectivity index (χ4n) is 1.74. The fraction of sp³-hybridized carbons (Fsp3) is 0.429. The zero-order valence-electron chi connectivity index (χ0n) is 11.8. The van der Waals surface area contributed by atoms with E-state index in [0.29, 0.717) is 11.5 Å². The Kier molecular flexibility index (Phi) is 5.83. The van der Waals surface area contributed by atoms with Gasteiger partial charge in [0.15, 0.2) is 11.5 Å². The van der Waals surface area contributed by atoms with E-state index in [1.807, 2.05) is 0 Å². The number of ether oxygens (including phenoxy) is 2. The van der Waals surface area contributed by atoms with Crippen molar-refractivity contribution in [3.05, 3.63) is 23.8 Å². The van der Waals surface area contributed by atoms with E-state index in [1.165, 1.54) is 14.2 Å². The molecule has 0 bridgehead atoms. The third-order valence-corrected chi connectivity index (χ3v) is 2.84. The zero-order chi connectivity index (χ0) is 15.1. The molecule has 0 radical (unpaired) electrons. The summed E-state index contributed by atoms with van der Waals surface area (Å²) in [6, 6.07) is 4.19. The molecule has 1 aromatic rings. The van der Waals surface area contributed by atoms with Gasteiger partial charge < -0.3 is 19.9 Å². The van der Waals surface area contributed by atoms with Crippen LogP contribution in [0.3, 0.4) is 0 Å². The molecule has 0 saturated heterocycles. The molecule has 1 amide bonds. The molecule has 0 aliphatic rings. The highest BCUT2D eigenvalue weighted by Gasteiger charge is 2.20. The lowest BCUT2D eigenvalue weighted by Crippen LogP contribution is -2.42. The number of carbonyl (C=O) groups excluding carboxylic acids is 1. The number of carboxylic acid groups (broad SMARTS) is 1. The molecule has 1 aromatic carbocycles. The van der Waals surface area contributed by atoms with Crippen molar-refractivity contribution in [2.24, 2.45) is 0 Å². The normalized spacial score (nSPS) is 11.6. The van der Waals surface area contributed by atoms with Crippen LogP contribution in [0.1, 0.15) is 18.9 Å². The number of hydrogen-bond acceptors (Lipinski definition) is 4. The molecule has 1 rings (SSSR count). The van der Waals surface area contributed by atoms with E-state index in [0.717, 1.165) is 5.56 Å². The molecule has 0 aliphatic carbocycles. The first-order chi connectivity index (χ1) is 9.51. The second-order valence-corrected chi connectivity index (χ2v) is 4.21. The van der Waals surface area contributed by atoms with Crippen LogP contribution in [0.2, 0.25) is 0 Å². The summed E-state index contributed by atoms with van der Waals surface area (Å²) in [6.45, 7) is 1.67. The van der Waals surface area contributed by atoms with Gasteiger partial charge in [-0.2, -0.15) is 0 Å². The molecule has 0 spiro atoms. The molecule has 1 atom stereocenters. The van der Waals surface area contributed by atoms with E-state index >= 15 is 0 Å². The summed E-state index contributed by atoms with van der Waals surface area (Å²) in [5.74, 6) is -0.267. The molecule has 2 N–H and O–H groups in total. The van der Waals surface area contributed by atoms with E-state index in [9.17, 15) is 9.59 Å². The number of hydrogen-bond donors (Lipinski definition) is 2. The topological polar surface area (TPSA) is 84.9 Å². The van der Waals surface area contributed by atoms with Gasteiger partial charge in [-0.1, -0.05) is 13.0 Å². The molecule has 0 fully saturated rings. The van der Waals surface area contributed by atoms with Gasteiger partial charge in [-0.15, -0.1) is 0 Å². The maximum atomic E-state index is 11.3. The predicted molar refractivity (Wildman–Crippen MR) is 73.1 cm³/mol. The Hall–Kier alpha value is -2.24. The zero-order valence-corrected chi connectivity index (χ0v) is 11.8. The number of methoxy groups -OCH3 is 2. The average molecular weight is 281 g/mol. The lowest BCUT2D eigenvalue weighted by Gasteiger charge is -2.15. The van der Waals surface area contributed by atoms with Crippen LogP contribution in [-0.4, -0.2) is 37.2 Å². The van der Waals surface area contributed by atoms with Crippen molar-refractivity contribution in [1.29, 1.82) is 0 Å². The molecule has 20 heavy (non-hydrogen) atoms. The van der Waals surface area contributed by atoms with E-state index in [4.69, 9.17) is 14.6 Å². The van der Waals surface area contributed by atoms with Gasteiger partial charge in [-0.05, 0) is 17.7 Å². The summed E-state index contributed by atoms with van der Waals surface area (Å²) < 4.78 is 10.3. The van der Waals surface area contributed by atoms with Gasteiger partial charge in [0.25, 0.3) is 0 Å². The number of nitrogens with one attached hydrogen (secondary N) is 1. The summed E-state index contributed by atoms with van der Waals surface area (Å²) in [4.78, 5) is 22.5. The molecular weight excluding hydrogens is 262 g/mol. The van der Waals surface area contributed by atoms with Crippen LogP contribution < -0.4 is 14.8 Å². The Morgan fingerprint density at radius 1 is 1.25 bits per heavy atom. The van der Waals surface area contributed by atoms with Crippen molar-refractivity contribution >= 4 is 11.9 Å². The van der Waals surface area contributed by atoms with Crippen LogP contribution in [-0.2, 0) is 16.0 Å². The first-order valence-corrected chi connectivity index (χ1v) is 6.24. The molecule has 1 unspecified atom stereocenters. The smallest absolute Gasteiger partial charge is 0.326 e. The Morgan fingerprint density at radius 3 is 2.40 bits per heavy atom. The molecule has 110 valence electrons. The van der Waals surface area contributed by atoms with Crippen molar-refractivity contribution in [2.45, 2.75) is 25.8 Å². The average Bonchev–Trinajstić information content (AvgIpc) is 2.45. The Balaban J connectivity index is 2.88. The second kappa shape index (κ2) is 7.37. The summed E-state index contributed by atoms with van der Waals surface area (Å²) in [5.41, 5.74) is 0.742. The van der Waals surface area contributed by atoms with E-state index in [-0.39, 0.29) is 18.7 Å². The molecular formula is C14H19NO5. The van der Waals surface area contributed by atoms with Gasteiger partial charge in [-0.3, -0.25) is 4.79 Å². The SMILES string of the molecule is CCC(=O)NC(Cc1ccc(OC)c(OC)c1)C(=O)O. The predicted octanol–water partition coefficient (Wildman–Crippen LogP) is 1.23. The lowest BCUT2D eigenvalue weighted by atomic mass is 10.1. The quantitative estimate of drug-likeness (QED) is 0.785. The molecule has 0 saturated carbocycles. The summed E-state index contributed by atoms with van der Waals surface area (Å²) in [5, 5.41) is 11.6. The first-order valence-electron chi connectivity index (χ1n) is 6.24. The van der Waals surface area contributed by atoms with E-state index < -0.39 is 12.0 Å². The minimum Gasteiger partial charge on any atom is -0.493 e. The highest BCUT2D eigenvalue weighted by molar-refractivity contribution is 5.83. The Labute approximate surface area is 117 Å². The number of aliphatic carboxylic acids is 1. The van der Waals surface area contributed by atoms with Crippen molar-refractivity contribution in [3.63, 3.8) is 0 Å². The molecule has 0 aliphatic heterocycles. The van der Waals surface area contributed by atoms with Crippen LogP contribution in [0.15, 0.2) is 18.2 Å². The minimum atomic E-state index is -1.07. The van der Waals surface area contributed by atoms with E-state index in [2.05, 4.69) is 5.32 Å². The van der Waals surface area contributed by atoms with Gasteiger partial charge in [0.2, 0.25) is 5.91 Å². The Bertz CT molecular complexity index is 486. The van der Waals surface area contributed by atoms with Crippen LogP contribution in [0, 0.1) is 0 Å². The van der Waals surface area contributed by atoms with Crippen molar-refractivity contribution in [3.8, 4) is 11.5 Å². The second-order valence-electron chi connectivity index (χ2n) is 4.21. The van der Waals surface area contributed by atoms with Gasteiger partial charge >= 0.3 is 5.97 Å². The molecule has 6 nitrogen and oxygen atoms in total. The lowest BCUT2D eigenvalue weighted by molar-refractivity contribution is -0.141. The van der Waals surface area contributed by atoms with Gasteiger partial charge in [0.1, 0.15) is 6.04 Å². The van der Waals surface area contributed by atoms with Gasteiger partial charge in [-0.25, -0.2) is 4.79 Å². The monoisotopic (exact) mass is 281 g/mol. The van der Waals surface area contributed by atoms with Crippen LogP contribution in [0.5, 0.6) is 11.5 Å². The van der Waals surface area contributed by atoms with Crippen LogP contribution in [0.4, 0.5) is 0 Å². The summed E-state index contributed by atoms with van der Waals surface area (Å²) in [6.07, 6.45) is 0.428. The van der Waals surface area contributed by atoms with Gasteiger partial charge in [0, 0.05) is 12.8 Å². The number of carbonyl (C=O) groups is 2.